The van der Waals surface area contributed by atoms with E-state index in [1.54, 1.807) is 0 Å². The zero-order chi connectivity index (χ0) is 18.5. The van der Waals surface area contributed by atoms with E-state index in [4.69, 9.17) is 9.84 Å². The summed E-state index contributed by atoms with van der Waals surface area (Å²) in [6.45, 7) is 1.73. The highest BCUT2D eigenvalue weighted by molar-refractivity contribution is 5.82. The van der Waals surface area contributed by atoms with Crippen LogP contribution in [-0.4, -0.2) is 93.0 Å². The van der Waals surface area contributed by atoms with Gasteiger partial charge < -0.3 is 19.4 Å². The van der Waals surface area contributed by atoms with E-state index in [0.29, 0.717) is 11.0 Å². The fraction of sp³-hybridized carbons (Fsp3) is 0.857. The van der Waals surface area contributed by atoms with Crippen molar-refractivity contribution in [3.63, 3.8) is 0 Å². The Morgan fingerprint density at radius 3 is 1.91 bits per heavy atom. The Bertz CT molecular complexity index is 416. The number of carboxylic acids is 1. The molecule has 2 unspecified atom stereocenters. The molecule has 2 atom stereocenters. The highest BCUT2D eigenvalue weighted by Crippen LogP contribution is 2.20. The van der Waals surface area contributed by atoms with Gasteiger partial charge in [-0.25, -0.2) is 4.79 Å². The Labute approximate surface area is 137 Å². The standard InChI is InChI=1S/C14H30N4O5/c1-13(22,15-2)14(16-3,17-4)12(21)23-10(8-11(19)20)9-18(5,6)7/h10,15-17,22H,8-9H2,1-7H3/p+1. The number of aliphatic carboxylic acids is 1. The smallest absolute Gasteiger partial charge is 0.346 e. The Hall–Kier alpha value is -1.26. The lowest BCUT2D eigenvalue weighted by Crippen LogP contribution is -2.77. The molecule has 0 rings (SSSR count). The van der Waals surface area contributed by atoms with Crippen molar-refractivity contribution in [1.29, 1.82) is 0 Å². The van der Waals surface area contributed by atoms with Gasteiger partial charge in [0.1, 0.15) is 6.54 Å². The minimum absolute atomic E-state index is 0.313. The summed E-state index contributed by atoms with van der Waals surface area (Å²) >= 11 is 0. The van der Waals surface area contributed by atoms with E-state index in [0.717, 1.165) is 0 Å². The van der Waals surface area contributed by atoms with E-state index in [1.807, 2.05) is 21.1 Å². The third kappa shape index (κ3) is 5.70. The lowest BCUT2D eigenvalue weighted by atomic mass is 9.97. The second kappa shape index (κ2) is 8.02. The van der Waals surface area contributed by atoms with Crippen LogP contribution in [0.4, 0.5) is 0 Å². The third-order valence-electron chi connectivity index (χ3n) is 3.70. The molecule has 0 amide bonds. The molecule has 0 heterocycles. The van der Waals surface area contributed by atoms with Crippen LogP contribution < -0.4 is 16.0 Å². The molecule has 0 aliphatic rings. The van der Waals surface area contributed by atoms with Crippen LogP contribution in [0.2, 0.25) is 0 Å². The van der Waals surface area contributed by atoms with Gasteiger partial charge in [-0.15, -0.1) is 0 Å². The number of nitrogens with zero attached hydrogens (tertiary/aromatic N) is 1. The lowest BCUT2D eigenvalue weighted by molar-refractivity contribution is -0.873. The number of carboxylic acid groups (broad SMARTS) is 1. The quantitative estimate of drug-likeness (QED) is 0.179. The van der Waals surface area contributed by atoms with Crippen LogP contribution >= 0.6 is 0 Å². The summed E-state index contributed by atoms with van der Waals surface area (Å²) in [6, 6.07) is 0. The summed E-state index contributed by atoms with van der Waals surface area (Å²) in [5.74, 6) is -1.85. The number of aliphatic hydroxyl groups is 1. The molecule has 23 heavy (non-hydrogen) atoms. The number of quaternary nitrogens is 1. The summed E-state index contributed by atoms with van der Waals surface area (Å²) in [5, 5.41) is 27.6. The van der Waals surface area contributed by atoms with Gasteiger partial charge >= 0.3 is 11.9 Å². The van der Waals surface area contributed by atoms with Gasteiger partial charge in [0.05, 0.1) is 27.6 Å². The number of ether oxygens (including phenoxy) is 1. The molecule has 136 valence electrons. The lowest BCUT2D eigenvalue weighted by Gasteiger charge is -2.43. The molecular weight excluding hydrogens is 304 g/mol. The SMILES string of the molecule is CNC(C)(O)C(NC)(NC)C(=O)OC(CC(=O)O)C[N+](C)(C)C. The van der Waals surface area contributed by atoms with Crippen LogP contribution in [0, 0.1) is 0 Å². The zero-order valence-electron chi connectivity index (χ0n) is 15.1. The van der Waals surface area contributed by atoms with Gasteiger partial charge in [-0.2, -0.15) is 0 Å². The Kier molecular flexibility index (Phi) is 7.58. The van der Waals surface area contributed by atoms with Crippen molar-refractivity contribution in [1.82, 2.24) is 16.0 Å². The number of esters is 1. The maximum Gasteiger partial charge on any atom is 0.346 e. The van der Waals surface area contributed by atoms with Gasteiger partial charge in [0, 0.05) is 0 Å². The first-order valence-corrected chi connectivity index (χ1v) is 7.37. The first kappa shape index (κ1) is 21.7. The average Bonchev–Trinajstić information content (AvgIpc) is 2.37. The molecular formula is C14H31N4O5+. The summed E-state index contributed by atoms with van der Waals surface area (Å²) in [5.41, 5.74) is -3.30. The fourth-order valence-corrected chi connectivity index (χ4v) is 2.39. The molecule has 0 aromatic heterocycles. The van der Waals surface area contributed by atoms with E-state index < -0.39 is 29.4 Å². The molecule has 0 spiro atoms. The predicted molar refractivity (Wildman–Crippen MR) is 85.6 cm³/mol. The van der Waals surface area contributed by atoms with Crippen LogP contribution in [0.25, 0.3) is 0 Å². The number of hydrogen-bond donors (Lipinski definition) is 5. The molecule has 0 saturated heterocycles. The first-order valence-electron chi connectivity index (χ1n) is 7.37. The molecule has 0 aromatic rings. The van der Waals surface area contributed by atoms with E-state index in [-0.39, 0.29) is 6.42 Å². The summed E-state index contributed by atoms with van der Waals surface area (Å²) in [4.78, 5) is 23.7. The van der Waals surface area contributed by atoms with Crippen molar-refractivity contribution in [3.8, 4) is 0 Å². The number of carbonyl (C=O) groups is 2. The molecule has 0 aromatic carbocycles. The van der Waals surface area contributed by atoms with E-state index in [2.05, 4.69) is 16.0 Å². The molecule has 0 aliphatic carbocycles. The van der Waals surface area contributed by atoms with Gasteiger partial charge in [0.2, 0.25) is 5.66 Å². The van der Waals surface area contributed by atoms with Crippen LogP contribution in [0.1, 0.15) is 13.3 Å². The van der Waals surface area contributed by atoms with Gasteiger partial charge in [0.25, 0.3) is 0 Å². The van der Waals surface area contributed by atoms with Crippen LogP contribution in [0.3, 0.4) is 0 Å². The summed E-state index contributed by atoms with van der Waals surface area (Å²) in [7, 11) is 10.1. The average molecular weight is 335 g/mol. The fourth-order valence-electron chi connectivity index (χ4n) is 2.39. The third-order valence-corrected chi connectivity index (χ3v) is 3.70. The molecule has 9 heteroatoms. The van der Waals surface area contributed by atoms with E-state index in [9.17, 15) is 14.7 Å². The number of rotatable bonds is 10. The normalized spacial score (nSPS) is 16.5. The maximum atomic E-state index is 12.7. The van der Waals surface area contributed by atoms with Gasteiger partial charge in [-0.1, -0.05) is 0 Å². The number of likely N-dealkylation sites (N-methyl/N-ethyl adjacent to an activating group) is 4. The van der Waals surface area contributed by atoms with Crippen molar-refractivity contribution in [2.24, 2.45) is 0 Å². The second-order valence-electron chi connectivity index (χ2n) is 6.67. The van der Waals surface area contributed by atoms with Crippen molar-refractivity contribution in [2.45, 2.75) is 30.8 Å². The Balaban J connectivity index is 5.45. The van der Waals surface area contributed by atoms with Crippen LogP contribution in [0.5, 0.6) is 0 Å². The predicted octanol–water partition coefficient (Wildman–Crippen LogP) is -1.86. The molecule has 0 radical (unpaired) electrons. The van der Waals surface area contributed by atoms with Crippen molar-refractivity contribution in [3.05, 3.63) is 0 Å². The van der Waals surface area contributed by atoms with Gasteiger partial charge in [0.15, 0.2) is 11.8 Å². The number of carbonyl (C=O) groups excluding carboxylic acids is 1. The monoisotopic (exact) mass is 335 g/mol. The molecule has 0 fully saturated rings. The minimum Gasteiger partial charge on any atom is -0.481 e. The van der Waals surface area contributed by atoms with Crippen molar-refractivity contribution < 1.29 is 29.0 Å². The molecule has 0 saturated carbocycles. The second-order valence-corrected chi connectivity index (χ2v) is 6.67. The topological polar surface area (TPSA) is 120 Å². The molecule has 9 nitrogen and oxygen atoms in total. The van der Waals surface area contributed by atoms with Gasteiger partial charge in [-0.05, 0) is 28.1 Å². The van der Waals surface area contributed by atoms with E-state index >= 15 is 0 Å². The molecule has 5 N–H and O–H groups in total. The highest BCUT2D eigenvalue weighted by atomic mass is 16.6. The maximum absolute atomic E-state index is 12.7. The van der Waals surface area contributed by atoms with Crippen LogP contribution in [0.15, 0.2) is 0 Å². The Morgan fingerprint density at radius 2 is 1.61 bits per heavy atom. The summed E-state index contributed by atoms with van der Waals surface area (Å²) < 4.78 is 5.84. The largest absolute Gasteiger partial charge is 0.481 e. The van der Waals surface area contributed by atoms with Gasteiger partial charge in [-0.3, -0.25) is 20.7 Å². The number of hydrogen-bond acceptors (Lipinski definition) is 7. The highest BCUT2D eigenvalue weighted by Gasteiger charge is 2.53. The van der Waals surface area contributed by atoms with Crippen LogP contribution in [-0.2, 0) is 14.3 Å². The number of nitrogens with one attached hydrogen (secondary N) is 3. The first-order chi connectivity index (χ1) is 10.3. The minimum atomic E-state index is -1.67. The molecule has 0 bridgehead atoms. The zero-order valence-corrected chi connectivity index (χ0v) is 15.1. The summed E-state index contributed by atoms with van der Waals surface area (Å²) in [6.07, 6.45) is -1.14. The van der Waals surface area contributed by atoms with Crippen molar-refractivity contribution >= 4 is 11.9 Å². The van der Waals surface area contributed by atoms with E-state index in [1.165, 1.54) is 28.1 Å². The molecule has 0 aliphatic heterocycles. The Morgan fingerprint density at radius 1 is 1.13 bits per heavy atom. The van der Waals surface area contributed by atoms with Crippen molar-refractivity contribution in [2.75, 3.05) is 48.8 Å².